The first-order chi connectivity index (χ1) is 9.81. The highest BCUT2D eigenvalue weighted by molar-refractivity contribution is 5.37. The molecule has 0 fully saturated rings. The number of ether oxygens (including phenoxy) is 1. The summed E-state index contributed by atoms with van der Waals surface area (Å²) in [6, 6.07) is 4.09. The van der Waals surface area contributed by atoms with Crippen molar-refractivity contribution >= 4 is 5.82 Å². The number of anilines is 1. The summed E-state index contributed by atoms with van der Waals surface area (Å²) in [5.41, 5.74) is 1.05. The van der Waals surface area contributed by atoms with E-state index in [4.69, 9.17) is 4.74 Å². The lowest BCUT2D eigenvalue weighted by atomic mass is 10.1. The van der Waals surface area contributed by atoms with Gasteiger partial charge in [0.2, 0.25) is 0 Å². The molecule has 1 rings (SSSR count). The monoisotopic (exact) mass is 294 g/mol. The standard InChI is InChI=1S/C16H30N4O/c1-13(2)12-20(9-10-21-6)15-8-7-14(18-19-15)11-17-16(3,4)5/h7-8,13,17H,9-12H2,1-6H3. The van der Waals surface area contributed by atoms with Crippen molar-refractivity contribution in [3.8, 4) is 0 Å². The van der Waals surface area contributed by atoms with Gasteiger partial charge in [-0.1, -0.05) is 13.8 Å². The maximum absolute atomic E-state index is 5.18. The van der Waals surface area contributed by atoms with Crippen molar-refractivity contribution in [3.05, 3.63) is 17.8 Å². The van der Waals surface area contributed by atoms with E-state index in [0.717, 1.165) is 31.1 Å². The van der Waals surface area contributed by atoms with E-state index in [-0.39, 0.29) is 5.54 Å². The minimum absolute atomic E-state index is 0.0858. The van der Waals surface area contributed by atoms with E-state index in [2.05, 4.69) is 55.0 Å². The molecule has 0 aliphatic carbocycles. The Morgan fingerprint density at radius 3 is 2.43 bits per heavy atom. The van der Waals surface area contributed by atoms with E-state index in [1.54, 1.807) is 7.11 Å². The van der Waals surface area contributed by atoms with Crippen molar-refractivity contribution in [1.82, 2.24) is 15.5 Å². The second kappa shape index (κ2) is 8.29. The van der Waals surface area contributed by atoms with Crippen LogP contribution in [0.4, 0.5) is 5.82 Å². The third-order valence-corrected chi connectivity index (χ3v) is 2.98. The lowest BCUT2D eigenvalue weighted by Gasteiger charge is -2.25. The van der Waals surface area contributed by atoms with E-state index in [0.29, 0.717) is 12.5 Å². The van der Waals surface area contributed by atoms with Gasteiger partial charge in [0.05, 0.1) is 12.3 Å². The zero-order chi connectivity index (χ0) is 15.9. The Labute approximate surface area is 129 Å². The molecule has 5 heteroatoms. The fourth-order valence-corrected chi connectivity index (χ4v) is 1.91. The Bertz CT molecular complexity index is 398. The molecule has 0 aliphatic heterocycles. The minimum atomic E-state index is 0.0858. The molecule has 1 heterocycles. The largest absolute Gasteiger partial charge is 0.383 e. The predicted molar refractivity (Wildman–Crippen MR) is 87.6 cm³/mol. The topological polar surface area (TPSA) is 50.3 Å². The Morgan fingerprint density at radius 2 is 1.95 bits per heavy atom. The quantitative estimate of drug-likeness (QED) is 0.798. The summed E-state index contributed by atoms with van der Waals surface area (Å²) in [5.74, 6) is 1.49. The lowest BCUT2D eigenvalue weighted by molar-refractivity contribution is 0.204. The molecule has 0 aliphatic rings. The van der Waals surface area contributed by atoms with E-state index < -0.39 is 0 Å². The summed E-state index contributed by atoms with van der Waals surface area (Å²) < 4.78 is 5.18. The SMILES string of the molecule is COCCN(CC(C)C)c1ccc(CNC(C)(C)C)nn1. The van der Waals surface area contributed by atoms with Gasteiger partial charge in [-0.3, -0.25) is 0 Å². The van der Waals surface area contributed by atoms with Crippen LogP contribution in [0.3, 0.4) is 0 Å². The molecule has 120 valence electrons. The summed E-state index contributed by atoms with van der Waals surface area (Å²) in [6.45, 7) is 14.1. The first-order valence-electron chi connectivity index (χ1n) is 7.63. The van der Waals surface area contributed by atoms with Crippen LogP contribution in [-0.4, -0.2) is 42.5 Å². The summed E-state index contributed by atoms with van der Waals surface area (Å²) in [7, 11) is 1.72. The molecule has 0 bridgehead atoms. The number of nitrogens with zero attached hydrogens (tertiary/aromatic N) is 3. The average molecular weight is 294 g/mol. The zero-order valence-electron chi connectivity index (χ0n) is 14.3. The number of nitrogens with one attached hydrogen (secondary N) is 1. The first kappa shape index (κ1) is 17.9. The predicted octanol–water partition coefficient (Wildman–Crippen LogP) is 2.47. The number of hydrogen-bond acceptors (Lipinski definition) is 5. The van der Waals surface area contributed by atoms with Crippen LogP contribution >= 0.6 is 0 Å². The molecule has 1 N–H and O–H groups in total. The highest BCUT2D eigenvalue weighted by Gasteiger charge is 2.12. The van der Waals surface area contributed by atoms with Crippen LogP contribution < -0.4 is 10.2 Å². The highest BCUT2D eigenvalue weighted by Crippen LogP contribution is 2.12. The molecule has 0 radical (unpaired) electrons. The molecule has 0 atom stereocenters. The average Bonchev–Trinajstić information content (AvgIpc) is 2.40. The normalized spacial score (nSPS) is 12.0. The molecule has 1 aromatic rings. The van der Waals surface area contributed by atoms with Crippen LogP contribution in [0.2, 0.25) is 0 Å². The van der Waals surface area contributed by atoms with E-state index in [1.165, 1.54) is 0 Å². The van der Waals surface area contributed by atoms with Gasteiger partial charge in [-0.2, -0.15) is 5.10 Å². The van der Waals surface area contributed by atoms with Gasteiger partial charge in [0.1, 0.15) is 0 Å². The molecule has 5 nitrogen and oxygen atoms in total. The number of methoxy groups -OCH3 is 1. The van der Waals surface area contributed by atoms with Crippen LogP contribution in [0.15, 0.2) is 12.1 Å². The summed E-state index contributed by atoms with van der Waals surface area (Å²) in [4.78, 5) is 2.22. The molecular formula is C16H30N4O. The van der Waals surface area contributed by atoms with Gasteiger partial charge in [0, 0.05) is 32.3 Å². The van der Waals surface area contributed by atoms with Crippen molar-refractivity contribution in [2.45, 2.75) is 46.7 Å². The van der Waals surface area contributed by atoms with Gasteiger partial charge in [-0.15, -0.1) is 5.10 Å². The molecule has 0 saturated carbocycles. The minimum Gasteiger partial charge on any atom is -0.383 e. The highest BCUT2D eigenvalue weighted by atomic mass is 16.5. The summed E-state index contributed by atoms with van der Waals surface area (Å²) >= 11 is 0. The fourth-order valence-electron chi connectivity index (χ4n) is 1.91. The molecule has 1 aromatic heterocycles. The van der Waals surface area contributed by atoms with Crippen molar-refractivity contribution in [1.29, 1.82) is 0 Å². The van der Waals surface area contributed by atoms with Gasteiger partial charge in [-0.05, 0) is 38.8 Å². The molecule has 0 unspecified atom stereocenters. The Balaban J connectivity index is 2.68. The molecule has 0 spiro atoms. The lowest BCUT2D eigenvalue weighted by Crippen LogP contribution is -2.35. The maximum Gasteiger partial charge on any atom is 0.151 e. The van der Waals surface area contributed by atoms with Gasteiger partial charge < -0.3 is 15.0 Å². The Morgan fingerprint density at radius 1 is 1.24 bits per heavy atom. The van der Waals surface area contributed by atoms with Gasteiger partial charge >= 0.3 is 0 Å². The molecule has 21 heavy (non-hydrogen) atoms. The second-order valence-corrected chi connectivity index (χ2v) is 6.82. The van der Waals surface area contributed by atoms with E-state index in [9.17, 15) is 0 Å². The van der Waals surface area contributed by atoms with E-state index >= 15 is 0 Å². The Hall–Kier alpha value is -1.20. The smallest absolute Gasteiger partial charge is 0.151 e. The van der Waals surface area contributed by atoms with Gasteiger partial charge in [0.15, 0.2) is 5.82 Å². The van der Waals surface area contributed by atoms with Crippen LogP contribution in [0.5, 0.6) is 0 Å². The zero-order valence-corrected chi connectivity index (χ0v) is 14.3. The molecule has 0 aromatic carbocycles. The molecule has 0 amide bonds. The third-order valence-electron chi connectivity index (χ3n) is 2.98. The van der Waals surface area contributed by atoms with Crippen molar-refractivity contribution in [3.63, 3.8) is 0 Å². The van der Waals surface area contributed by atoms with Crippen molar-refractivity contribution < 1.29 is 4.74 Å². The molecular weight excluding hydrogens is 264 g/mol. The fraction of sp³-hybridized carbons (Fsp3) is 0.750. The summed E-state index contributed by atoms with van der Waals surface area (Å²) in [6.07, 6.45) is 0. The van der Waals surface area contributed by atoms with Gasteiger partial charge in [0.25, 0.3) is 0 Å². The Kier molecular flexibility index (Phi) is 7.05. The number of aromatic nitrogens is 2. The second-order valence-electron chi connectivity index (χ2n) is 6.82. The first-order valence-corrected chi connectivity index (χ1v) is 7.63. The van der Waals surface area contributed by atoms with Crippen molar-refractivity contribution in [2.75, 3.05) is 31.7 Å². The third kappa shape index (κ3) is 7.39. The maximum atomic E-state index is 5.18. The van der Waals surface area contributed by atoms with E-state index in [1.807, 2.05) is 12.1 Å². The van der Waals surface area contributed by atoms with Crippen LogP contribution in [0.25, 0.3) is 0 Å². The molecule has 0 saturated heterocycles. The van der Waals surface area contributed by atoms with Crippen LogP contribution in [-0.2, 0) is 11.3 Å². The summed E-state index contributed by atoms with van der Waals surface area (Å²) in [5, 5.41) is 12.1. The van der Waals surface area contributed by atoms with Crippen LogP contribution in [0.1, 0.15) is 40.3 Å². The van der Waals surface area contributed by atoms with Crippen LogP contribution in [0, 0.1) is 5.92 Å². The van der Waals surface area contributed by atoms with Gasteiger partial charge in [-0.25, -0.2) is 0 Å². The number of hydrogen-bond donors (Lipinski definition) is 1. The van der Waals surface area contributed by atoms with Crippen molar-refractivity contribution in [2.24, 2.45) is 5.92 Å². The number of rotatable bonds is 8.